The molecule has 0 radical (unpaired) electrons. The number of sulfone groups is 1. The second kappa shape index (κ2) is 4.96. The van der Waals surface area contributed by atoms with Crippen molar-refractivity contribution in [2.75, 3.05) is 19.3 Å². The predicted octanol–water partition coefficient (Wildman–Crippen LogP) is 0.953. The van der Waals surface area contributed by atoms with Gasteiger partial charge in [0.1, 0.15) is 0 Å². The van der Waals surface area contributed by atoms with Crippen LogP contribution in [0.4, 0.5) is 0 Å². The van der Waals surface area contributed by atoms with E-state index in [0.29, 0.717) is 12.3 Å². The van der Waals surface area contributed by atoms with Gasteiger partial charge in [0.25, 0.3) is 0 Å². The van der Waals surface area contributed by atoms with Crippen molar-refractivity contribution in [2.24, 2.45) is 0 Å². The molecule has 0 aromatic rings. The zero-order valence-corrected chi connectivity index (χ0v) is 9.07. The fraction of sp³-hybridized carbons (Fsp3) is 1.00. The first kappa shape index (κ1) is 11.0. The molecule has 0 unspecified atom stereocenters. The first-order valence-electron chi connectivity index (χ1n) is 5.03. The monoisotopic (exact) mass is 205 g/mol. The Balaban J connectivity index is 2.47. The maximum Gasteiger partial charge on any atom is 0.154 e. The van der Waals surface area contributed by atoms with Gasteiger partial charge in [-0.25, -0.2) is 8.42 Å². The maximum atomic E-state index is 11.7. The molecule has 1 aliphatic carbocycles. The van der Waals surface area contributed by atoms with E-state index in [1.165, 1.54) is 6.42 Å². The summed E-state index contributed by atoms with van der Waals surface area (Å²) >= 11 is 0. The summed E-state index contributed by atoms with van der Waals surface area (Å²) in [7, 11) is -1.02. The van der Waals surface area contributed by atoms with Gasteiger partial charge in [0, 0.05) is 6.54 Å². The van der Waals surface area contributed by atoms with Crippen LogP contribution in [-0.4, -0.2) is 33.0 Å². The SMILES string of the molecule is CNCCS(=O)(=O)C1CCCCC1. The largest absolute Gasteiger partial charge is 0.319 e. The van der Waals surface area contributed by atoms with Gasteiger partial charge in [-0.15, -0.1) is 0 Å². The molecule has 3 nitrogen and oxygen atoms in total. The van der Waals surface area contributed by atoms with E-state index in [1.54, 1.807) is 7.05 Å². The summed E-state index contributed by atoms with van der Waals surface area (Å²) in [5.41, 5.74) is 0. The molecule has 1 fully saturated rings. The lowest BCUT2D eigenvalue weighted by Gasteiger charge is -2.21. The fourth-order valence-electron chi connectivity index (χ4n) is 1.84. The van der Waals surface area contributed by atoms with Crippen LogP contribution in [0.25, 0.3) is 0 Å². The molecule has 1 N–H and O–H groups in total. The van der Waals surface area contributed by atoms with Crippen molar-refractivity contribution < 1.29 is 8.42 Å². The third kappa shape index (κ3) is 3.27. The Kier molecular flexibility index (Phi) is 4.19. The lowest BCUT2D eigenvalue weighted by atomic mass is 10.0. The molecule has 0 heterocycles. The topological polar surface area (TPSA) is 46.2 Å². The highest BCUT2D eigenvalue weighted by Gasteiger charge is 2.26. The molecule has 0 bridgehead atoms. The van der Waals surface area contributed by atoms with Gasteiger partial charge in [0.05, 0.1) is 11.0 Å². The van der Waals surface area contributed by atoms with Crippen molar-refractivity contribution in [3.8, 4) is 0 Å². The summed E-state index contributed by atoms with van der Waals surface area (Å²) in [6, 6.07) is 0. The summed E-state index contributed by atoms with van der Waals surface area (Å²) in [5, 5.41) is 2.84. The minimum Gasteiger partial charge on any atom is -0.319 e. The average Bonchev–Trinajstić information content (AvgIpc) is 2.16. The summed E-state index contributed by atoms with van der Waals surface area (Å²) in [6.07, 6.45) is 5.14. The quantitative estimate of drug-likeness (QED) is 0.743. The molecule has 0 saturated heterocycles. The van der Waals surface area contributed by atoms with E-state index in [1.807, 2.05) is 0 Å². The van der Waals surface area contributed by atoms with Crippen LogP contribution < -0.4 is 5.32 Å². The molecule has 0 aromatic heterocycles. The lowest BCUT2D eigenvalue weighted by Crippen LogP contribution is -2.30. The standard InChI is InChI=1S/C9H19NO2S/c1-10-7-8-13(11,12)9-5-3-2-4-6-9/h9-10H,2-8H2,1H3. The van der Waals surface area contributed by atoms with Gasteiger partial charge in [-0.3, -0.25) is 0 Å². The normalized spacial score (nSPS) is 20.4. The van der Waals surface area contributed by atoms with Crippen LogP contribution in [0.1, 0.15) is 32.1 Å². The highest BCUT2D eigenvalue weighted by atomic mass is 32.2. The van der Waals surface area contributed by atoms with Gasteiger partial charge in [-0.05, 0) is 19.9 Å². The number of hydrogen-bond donors (Lipinski definition) is 1. The predicted molar refractivity (Wildman–Crippen MR) is 54.6 cm³/mol. The Morgan fingerprint density at radius 3 is 2.38 bits per heavy atom. The van der Waals surface area contributed by atoms with E-state index >= 15 is 0 Å². The van der Waals surface area contributed by atoms with Crippen molar-refractivity contribution in [1.82, 2.24) is 5.32 Å². The van der Waals surface area contributed by atoms with Crippen LogP contribution >= 0.6 is 0 Å². The zero-order valence-electron chi connectivity index (χ0n) is 8.25. The van der Waals surface area contributed by atoms with Crippen molar-refractivity contribution in [1.29, 1.82) is 0 Å². The van der Waals surface area contributed by atoms with Gasteiger partial charge in [0.2, 0.25) is 0 Å². The molecule has 0 spiro atoms. The van der Waals surface area contributed by atoms with E-state index in [0.717, 1.165) is 25.7 Å². The van der Waals surface area contributed by atoms with E-state index in [9.17, 15) is 8.42 Å². The minimum absolute atomic E-state index is 0.0467. The summed E-state index contributed by atoms with van der Waals surface area (Å²) < 4.78 is 23.4. The van der Waals surface area contributed by atoms with Crippen LogP contribution in [0.3, 0.4) is 0 Å². The molecule has 78 valence electrons. The number of nitrogens with one attached hydrogen (secondary N) is 1. The first-order chi connectivity index (χ1) is 6.17. The van der Waals surface area contributed by atoms with Gasteiger partial charge in [0.15, 0.2) is 9.84 Å². The Bertz CT molecular complexity index is 230. The summed E-state index contributed by atoms with van der Waals surface area (Å²) in [6.45, 7) is 0.582. The molecule has 13 heavy (non-hydrogen) atoms. The molecular weight excluding hydrogens is 186 g/mol. The van der Waals surface area contributed by atoms with Crippen molar-refractivity contribution in [2.45, 2.75) is 37.4 Å². The summed E-state index contributed by atoms with van der Waals surface area (Å²) in [4.78, 5) is 0. The van der Waals surface area contributed by atoms with Crippen LogP contribution in [-0.2, 0) is 9.84 Å². The van der Waals surface area contributed by atoms with E-state index in [2.05, 4.69) is 5.32 Å². The van der Waals surface area contributed by atoms with Crippen LogP contribution in [0.15, 0.2) is 0 Å². The van der Waals surface area contributed by atoms with Crippen molar-refractivity contribution >= 4 is 9.84 Å². The van der Waals surface area contributed by atoms with Crippen LogP contribution in [0, 0.1) is 0 Å². The molecular formula is C9H19NO2S. The molecule has 1 saturated carbocycles. The molecule has 0 amide bonds. The third-order valence-corrected chi connectivity index (χ3v) is 4.96. The van der Waals surface area contributed by atoms with Gasteiger partial charge < -0.3 is 5.32 Å². The van der Waals surface area contributed by atoms with E-state index in [4.69, 9.17) is 0 Å². The second-order valence-electron chi connectivity index (χ2n) is 3.73. The maximum absolute atomic E-state index is 11.7. The van der Waals surface area contributed by atoms with Crippen LogP contribution in [0.2, 0.25) is 0 Å². The van der Waals surface area contributed by atoms with Gasteiger partial charge >= 0.3 is 0 Å². The Hall–Kier alpha value is -0.0900. The Labute approximate surface area is 80.8 Å². The van der Waals surface area contributed by atoms with Gasteiger partial charge in [-0.2, -0.15) is 0 Å². The molecule has 0 atom stereocenters. The molecule has 0 aliphatic heterocycles. The van der Waals surface area contributed by atoms with Crippen molar-refractivity contribution in [3.05, 3.63) is 0 Å². The summed E-state index contributed by atoms with van der Waals surface area (Å²) in [5.74, 6) is 0.300. The molecule has 0 aromatic carbocycles. The Morgan fingerprint density at radius 2 is 1.85 bits per heavy atom. The van der Waals surface area contributed by atoms with E-state index < -0.39 is 9.84 Å². The highest BCUT2D eigenvalue weighted by molar-refractivity contribution is 7.92. The highest BCUT2D eigenvalue weighted by Crippen LogP contribution is 2.23. The van der Waals surface area contributed by atoms with Crippen molar-refractivity contribution in [3.63, 3.8) is 0 Å². The minimum atomic E-state index is -2.81. The average molecular weight is 205 g/mol. The first-order valence-corrected chi connectivity index (χ1v) is 6.74. The smallest absolute Gasteiger partial charge is 0.154 e. The van der Waals surface area contributed by atoms with Gasteiger partial charge in [-0.1, -0.05) is 19.3 Å². The second-order valence-corrected chi connectivity index (χ2v) is 6.13. The fourth-order valence-corrected chi connectivity index (χ4v) is 3.71. The zero-order chi connectivity index (χ0) is 9.73. The lowest BCUT2D eigenvalue weighted by molar-refractivity contribution is 0.483. The molecule has 1 rings (SSSR count). The number of rotatable bonds is 4. The van der Waals surface area contributed by atoms with E-state index in [-0.39, 0.29) is 5.25 Å². The molecule has 1 aliphatic rings. The Morgan fingerprint density at radius 1 is 1.23 bits per heavy atom. The molecule has 4 heteroatoms. The van der Waals surface area contributed by atoms with Crippen LogP contribution in [0.5, 0.6) is 0 Å². The number of hydrogen-bond acceptors (Lipinski definition) is 3. The third-order valence-electron chi connectivity index (χ3n) is 2.70.